The molecule has 2 nitrogen and oxygen atoms in total. The van der Waals surface area contributed by atoms with Crippen LogP contribution in [0, 0.1) is 0 Å². The Kier molecular flexibility index (Phi) is 4.98. The third kappa shape index (κ3) is 3.43. The summed E-state index contributed by atoms with van der Waals surface area (Å²) in [7, 11) is 0. The third-order valence-corrected chi connectivity index (χ3v) is 5.56. The molecule has 1 N–H and O–H groups in total. The van der Waals surface area contributed by atoms with Crippen LogP contribution in [0.5, 0.6) is 0 Å². The molecule has 0 heterocycles. The number of nitrogens with one attached hydrogen (secondary N) is 1. The quantitative estimate of drug-likeness (QED) is 0.890. The van der Waals surface area contributed by atoms with Crippen molar-refractivity contribution in [2.45, 2.75) is 30.6 Å². The second-order valence-corrected chi connectivity index (χ2v) is 6.87. The SMILES string of the molecule is CSC1CCC(NC(=O)c2ccc(Br)c(Cl)c2)C1. The van der Waals surface area contributed by atoms with Gasteiger partial charge in [0.05, 0.1) is 5.02 Å². The number of carbonyl (C=O) groups is 1. The van der Waals surface area contributed by atoms with Crippen molar-refractivity contribution in [1.29, 1.82) is 0 Å². The number of thioether (sulfide) groups is 1. The molecule has 1 aromatic rings. The van der Waals surface area contributed by atoms with Gasteiger partial charge in [-0.3, -0.25) is 4.79 Å². The Morgan fingerprint density at radius 3 is 2.89 bits per heavy atom. The monoisotopic (exact) mass is 347 g/mol. The van der Waals surface area contributed by atoms with Gasteiger partial charge in [-0.2, -0.15) is 11.8 Å². The van der Waals surface area contributed by atoms with E-state index in [0.29, 0.717) is 21.9 Å². The highest BCUT2D eigenvalue weighted by Crippen LogP contribution is 2.28. The molecule has 2 unspecified atom stereocenters. The molecule has 1 fully saturated rings. The van der Waals surface area contributed by atoms with Crippen LogP contribution in [-0.4, -0.2) is 23.5 Å². The van der Waals surface area contributed by atoms with Crippen molar-refractivity contribution in [3.05, 3.63) is 33.3 Å². The largest absolute Gasteiger partial charge is 0.349 e. The standard InChI is InChI=1S/C13H15BrClNOS/c1-18-10-4-3-9(7-10)16-13(17)8-2-5-11(14)12(15)6-8/h2,5-6,9-10H,3-4,7H2,1H3,(H,16,17). The van der Waals surface area contributed by atoms with Crippen LogP contribution in [-0.2, 0) is 0 Å². The topological polar surface area (TPSA) is 29.1 Å². The number of hydrogen-bond donors (Lipinski definition) is 1. The lowest BCUT2D eigenvalue weighted by Gasteiger charge is -2.13. The Morgan fingerprint density at radius 1 is 1.50 bits per heavy atom. The van der Waals surface area contributed by atoms with Gasteiger partial charge in [-0.15, -0.1) is 0 Å². The van der Waals surface area contributed by atoms with Gasteiger partial charge in [0.15, 0.2) is 0 Å². The van der Waals surface area contributed by atoms with Crippen LogP contribution in [0.25, 0.3) is 0 Å². The zero-order valence-corrected chi connectivity index (χ0v) is 13.2. The average Bonchev–Trinajstić information content (AvgIpc) is 2.80. The fourth-order valence-corrected chi connectivity index (χ4v) is 3.42. The molecule has 0 spiro atoms. The van der Waals surface area contributed by atoms with Crippen LogP contribution in [0.4, 0.5) is 0 Å². The molecule has 98 valence electrons. The molecule has 1 aliphatic carbocycles. The lowest BCUT2D eigenvalue weighted by atomic mass is 10.2. The molecule has 0 aromatic heterocycles. The molecule has 2 atom stereocenters. The predicted octanol–water partition coefficient (Wildman–Crippen LogP) is 4.12. The molecule has 2 rings (SSSR count). The number of amides is 1. The maximum absolute atomic E-state index is 12.1. The molecule has 1 amide bonds. The number of hydrogen-bond acceptors (Lipinski definition) is 2. The second-order valence-electron chi connectivity index (χ2n) is 4.47. The van der Waals surface area contributed by atoms with Crippen molar-refractivity contribution in [3.8, 4) is 0 Å². The van der Waals surface area contributed by atoms with E-state index in [1.807, 2.05) is 11.8 Å². The molecule has 1 saturated carbocycles. The van der Waals surface area contributed by atoms with E-state index in [4.69, 9.17) is 11.6 Å². The summed E-state index contributed by atoms with van der Waals surface area (Å²) in [6.45, 7) is 0. The zero-order valence-electron chi connectivity index (χ0n) is 10.1. The van der Waals surface area contributed by atoms with E-state index in [1.165, 1.54) is 6.42 Å². The Balaban J connectivity index is 1.97. The lowest BCUT2D eigenvalue weighted by Crippen LogP contribution is -2.33. The van der Waals surface area contributed by atoms with Crippen molar-refractivity contribution in [1.82, 2.24) is 5.32 Å². The van der Waals surface area contributed by atoms with Gasteiger partial charge in [-0.05, 0) is 59.6 Å². The van der Waals surface area contributed by atoms with Gasteiger partial charge in [0.25, 0.3) is 5.91 Å². The van der Waals surface area contributed by atoms with E-state index in [1.54, 1.807) is 18.2 Å². The summed E-state index contributed by atoms with van der Waals surface area (Å²) in [6.07, 6.45) is 5.45. The van der Waals surface area contributed by atoms with Crippen molar-refractivity contribution in [2.75, 3.05) is 6.26 Å². The Morgan fingerprint density at radius 2 is 2.28 bits per heavy atom. The van der Waals surface area contributed by atoms with Gasteiger partial charge in [0.1, 0.15) is 0 Å². The first-order valence-corrected chi connectivity index (χ1v) is 8.34. The fourth-order valence-electron chi connectivity index (χ4n) is 2.19. The first kappa shape index (κ1) is 14.2. The summed E-state index contributed by atoms with van der Waals surface area (Å²) in [5, 5.41) is 4.33. The highest BCUT2D eigenvalue weighted by molar-refractivity contribution is 9.10. The molecule has 1 aromatic carbocycles. The molecule has 18 heavy (non-hydrogen) atoms. The molecule has 0 saturated heterocycles. The summed E-state index contributed by atoms with van der Waals surface area (Å²) in [6, 6.07) is 5.59. The molecule has 0 aliphatic heterocycles. The highest BCUT2D eigenvalue weighted by Gasteiger charge is 2.25. The van der Waals surface area contributed by atoms with Crippen molar-refractivity contribution >= 4 is 45.2 Å². The van der Waals surface area contributed by atoms with Gasteiger partial charge < -0.3 is 5.32 Å². The molecule has 5 heteroatoms. The summed E-state index contributed by atoms with van der Waals surface area (Å²) in [5.74, 6) is -0.0313. The van der Waals surface area contributed by atoms with E-state index in [0.717, 1.165) is 17.3 Å². The van der Waals surface area contributed by atoms with E-state index in [2.05, 4.69) is 27.5 Å². The van der Waals surface area contributed by atoms with Gasteiger partial charge in [0.2, 0.25) is 0 Å². The predicted molar refractivity (Wildman–Crippen MR) is 81.6 cm³/mol. The summed E-state index contributed by atoms with van der Waals surface area (Å²) in [5.41, 5.74) is 0.621. The smallest absolute Gasteiger partial charge is 0.251 e. The van der Waals surface area contributed by atoms with Crippen molar-refractivity contribution < 1.29 is 4.79 Å². The lowest BCUT2D eigenvalue weighted by molar-refractivity contribution is 0.0938. The normalized spacial score (nSPS) is 23.1. The van der Waals surface area contributed by atoms with Crippen LogP contribution in [0.15, 0.2) is 22.7 Å². The summed E-state index contributed by atoms with van der Waals surface area (Å²) in [4.78, 5) is 12.1. The number of halogens is 2. The molecule has 0 bridgehead atoms. The summed E-state index contributed by atoms with van der Waals surface area (Å²) < 4.78 is 0.809. The van der Waals surface area contributed by atoms with Crippen LogP contribution in [0.2, 0.25) is 5.02 Å². The maximum Gasteiger partial charge on any atom is 0.251 e. The second kappa shape index (κ2) is 6.31. The van der Waals surface area contributed by atoms with Crippen LogP contribution in [0.3, 0.4) is 0 Å². The van der Waals surface area contributed by atoms with E-state index in [-0.39, 0.29) is 5.91 Å². The van der Waals surface area contributed by atoms with Crippen molar-refractivity contribution in [3.63, 3.8) is 0 Å². The maximum atomic E-state index is 12.1. The van der Waals surface area contributed by atoms with E-state index in [9.17, 15) is 4.79 Å². The fraction of sp³-hybridized carbons (Fsp3) is 0.462. The van der Waals surface area contributed by atoms with Crippen LogP contribution in [0.1, 0.15) is 29.6 Å². The number of rotatable bonds is 3. The van der Waals surface area contributed by atoms with Crippen LogP contribution < -0.4 is 5.32 Å². The number of benzene rings is 1. The van der Waals surface area contributed by atoms with Crippen molar-refractivity contribution in [2.24, 2.45) is 0 Å². The van der Waals surface area contributed by atoms with Gasteiger partial charge in [-0.25, -0.2) is 0 Å². The average molecular weight is 349 g/mol. The molecular weight excluding hydrogens is 334 g/mol. The molecule has 0 radical (unpaired) electrons. The van der Waals surface area contributed by atoms with Crippen LogP contribution >= 0.6 is 39.3 Å². The minimum atomic E-state index is -0.0313. The number of carbonyl (C=O) groups excluding carboxylic acids is 1. The first-order chi connectivity index (χ1) is 8.60. The van der Waals surface area contributed by atoms with Gasteiger partial charge in [0, 0.05) is 21.3 Å². The molecule has 1 aliphatic rings. The van der Waals surface area contributed by atoms with E-state index < -0.39 is 0 Å². The Labute approximate surface area is 125 Å². The Bertz CT molecular complexity index is 455. The van der Waals surface area contributed by atoms with Gasteiger partial charge in [-0.1, -0.05) is 11.6 Å². The third-order valence-electron chi connectivity index (χ3n) is 3.23. The Hall–Kier alpha value is -0.190. The first-order valence-electron chi connectivity index (χ1n) is 5.89. The zero-order chi connectivity index (χ0) is 13.1. The summed E-state index contributed by atoms with van der Waals surface area (Å²) >= 11 is 11.2. The molecular formula is C13H15BrClNOS. The minimum absolute atomic E-state index is 0.0313. The highest BCUT2D eigenvalue weighted by atomic mass is 79.9. The van der Waals surface area contributed by atoms with Gasteiger partial charge >= 0.3 is 0 Å². The van der Waals surface area contributed by atoms with E-state index >= 15 is 0 Å². The minimum Gasteiger partial charge on any atom is -0.349 e.